The first kappa shape index (κ1) is 16.5. The summed E-state index contributed by atoms with van der Waals surface area (Å²) in [5.41, 5.74) is 8.59. The minimum Gasteiger partial charge on any atom is -0.398 e. The molecule has 4 nitrogen and oxygen atoms in total. The molecule has 1 rings (SSSR count). The van der Waals surface area contributed by atoms with E-state index in [1.165, 1.54) is 4.31 Å². The molecule has 1 aromatic carbocycles. The minimum atomic E-state index is -3.62. The third-order valence-corrected chi connectivity index (χ3v) is 5.54. The lowest BCUT2D eigenvalue weighted by Gasteiger charge is -2.23. The van der Waals surface area contributed by atoms with Gasteiger partial charge in [-0.3, -0.25) is 0 Å². The van der Waals surface area contributed by atoms with Gasteiger partial charge in [-0.15, -0.1) is 6.42 Å². The van der Waals surface area contributed by atoms with Gasteiger partial charge in [0.15, 0.2) is 0 Å². The Morgan fingerprint density at radius 2 is 1.90 bits per heavy atom. The molecule has 0 unspecified atom stereocenters. The number of sulfonamides is 1. The SMILES string of the molecule is C#CCN(CCC)S(=O)(=O)c1c(C)c(C)cc(N)c1C. The lowest BCUT2D eigenvalue weighted by Crippen LogP contribution is -2.33. The molecular weight excluding hydrogens is 272 g/mol. The third-order valence-electron chi connectivity index (χ3n) is 3.42. The van der Waals surface area contributed by atoms with Gasteiger partial charge in [0, 0.05) is 12.2 Å². The zero-order valence-corrected chi connectivity index (χ0v) is 13.3. The molecular formula is C15H22N2O2S. The van der Waals surface area contributed by atoms with Crippen LogP contribution in [0, 0.1) is 33.1 Å². The van der Waals surface area contributed by atoms with Crippen LogP contribution >= 0.6 is 0 Å². The van der Waals surface area contributed by atoms with Gasteiger partial charge in [-0.2, -0.15) is 4.31 Å². The second-order valence-electron chi connectivity index (χ2n) is 4.90. The summed E-state index contributed by atoms with van der Waals surface area (Å²) in [6, 6.07) is 1.80. The van der Waals surface area contributed by atoms with Crippen LogP contribution in [-0.2, 0) is 10.0 Å². The number of aryl methyl sites for hydroxylation is 1. The normalized spacial score (nSPS) is 11.6. The zero-order valence-electron chi connectivity index (χ0n) is 12.5. The first-order valence-electron chi connectivity index (χ1n) is 6.57. The summed E-state index contributed by atoms with van der Waals surface area (Å²) in [7, 11) is -3.62. The van der Waals surface area contributed by atoms with Gasteiger partial charge in [0.25, 0.3) is 0 Å². The molecule has 0 saturated carbocycles. The molecule has 0 amide bonds. The number of hydrogen-bond donors (Lipinski definition) is 1. The van der Waals surface area contributed by atoms with E-state index in [-0.39, 0.29) is 6.54 Å². The summed E-state index contributed by atoms with van der Waals surface area (Å²) < 4.78 is 27.0. The Kier molecular flexibility index (Phi) is 5.21. The fraction of sp³-hybridized carbons (Fsp3) is 0.467. The molecule has 110 valence electrons. The van der Waals surface area contributed by atoms with E-state index in [1.54, 1.807) is 19.9 Å². The van der Waals surface area contributed by atoms with Crippen LogP contribution in [0.25, 0.3) is 0 Å². The van der Waals surface area contributed by atoms with E-state index >= 15 is 0 Å². The number of hydrogen-bond acceptors (Lipinski definition) is 3. The Balaban J connectivity index is 3.53. The Hall–Kier alpha value is -1.51. The number of nitrogens with zero attached hydrogens (tertiary/aromatic N) is 1. The first-order chi connectivity index (χ1) is 9.27. The fourth-order valence-corrected chi connectivity index (χ4v) is 4.17. The summed E-state index contributed by atoms with van der Waals surface area (Å²) in [5, 5.41) is 0. The van der Waals surface area contributed by atoms with Gasteiger partial charge in [0.2, 0.25) is 10.0 Å². The maximum absolute atomic E-state index is 12.8. The maximum atomic E-state index is 12.8. The van der Waals surface area contributed by atoms with Crippen molar-refractivity contribution in [2.24, 2.45) is 0 Å². The van der Waals surface area contributed by atoms with Crippen LogP contribution in [-0.4, -0.2) is 25.8 Å². The Morgan fingerprint density at radius 1 is 1.30 bits per heavy atom. The second-order valence-corrected chi connectivity index (χ2v) is 6.78. The van der Waals surface area contributed by atoms with E-state index in [0.29, 0.717) is 29.1 Å². The summed E-state index contributed by atoms with van der Waals surface area (Å²) in [4.78, 5) is 0.290. The average Bonchev–Trinajstić information content (AvgIpc) is 2.36. The summed E-state index contributed by atoms with van der Waals surface area (Å²) in [6.07, 6.45) is 6.00. The quantitative estimate of drug-likeness (QED) is 0.669. The summed E-state index contributed by atoms with van der Waals surface area (Å²) >= 11 is 0. The number of anilines is 1. The third kappa shape index (κ3) is 2.97. The molecule has 0 radical (unpaired) electrons. The van der Waals surface area contributed by atoms with Crippen molar-refractivity contribution in [2.75, 3.05) is 18.8 Å². The molecule has 0 spiro atoms. The van der Waals surface area contributed by atoms with Gasteiger partial charge in [0.1, 0.15) is 0 Å². The summed E-state index contributed by atoms with van der Waals surface area (Å²) in [5.74, 6) is 2.41. The molecule has 20 heavy (non-hydrogen) atoms. The largest absolute Gasteiger partial charge is 0.398 e. The molecule has 5 heteroatoms. The molecule has 0 fully saturated rings. The van der Waals surface area contributed by atoms with Crippen molar-refractivity contribution in [1.29, 1.82) is 0 Å². The molecule has 0 aliphatic rings. The van der Waals surface area contributed by atoms with Crippen molar-refractivity contribution < 1.29 is 8.42 Å². The van der Waals surface area contributed by atoms with E-state index in [9.17, 15) is 8.42 Å². The van der Waals surface area contributed by atoms with Gasteiger partial charge in [-0.05, 0) is 49.9 Å². The van der Waals surface area contributed by atoms with Gasteiger partial charge in [-0.25, -0.2) is 8.42 Å². The van der Waals surface area contributed by atoms with E-state index in [2.05, 4.69) is 5.92 Å². The predicted octanol–water partition coefficient (Wildman–Crippen LogP) is 2.23. The molecule has 2 N–H and O–H groups in total. The lowest BCUT2D eigenvalue weighted by atomic mass is 10.1. The van der Waals surface area contributed by atoms with E-state index in [1.807, 2.05) is 13.8 Å². The average molecular weight is 294 g/mol. The maximum Gasteiger partial charge on any atom is 0.244 e. The van der Waals surface area contributed by atoms with Crippen molar-refractivity contribution in [3.63, 3.8) is 0 Å². The molecule has 0 atom stereocenters. The highest BCUT2D eigenvalue weighted by Gasteiger charge is 2.28. The first-order valence-corrected chi connectivity index (χ1v) is 8.01. The highest BCUT2D eigenvalue weighted by atomic mass is 32.2. The van der Waals surface area contributed by atoms with Gasteiger partial charge in [-0.1, -0.05) is 12.8 Å². The van der Waals surface area contributed by atoms with Gasteiger partial charge >= 0.3 is 0 Å². The number of nitrogen functional groups attached to an aromatic ring is 1. The van der Waals surface area contributed by atoms with Crippen LogP contribution < -0.4 is 5.73 Å². The monoisotopic (exact) mass is 294 g/mol. The second kappa shape index (κ2) is 6.29. The number of rotatable bonds is 5. The van der Waals surface area contributed by atoms with Crippen molar-refractivity contribution in [2.45, 2.75) is 39.0 Å². The molecule has 0 bridgehead atoms. The van der Waals surface area contributed by atoms with Crippen molar-refractivity contribution in [1.82, 2.24) is 4.31 Å². The van der Waals surface area contributed by atoms with Crippen LogP contribution in [0.15, 0.2) is 11.0 Å². The van der Waals surface area contributed by atoms with E-state index < -0.39 is 10.0 Å². The molecule has 0 aliphatic heterocycles. The van der Waals surface area contributed by atoms with E-state index in [4.69, 9.17) is 12.2 Å². The number of nitrogens with two attached hydrogens (primary N) is 1. The molecule has 1 aromatic rings. The van der Waals surface area contributed by atoms with E-state index in [0.717, 1.165) is 11.1 Å². The topological polar surface area (TPSA) is 63.4 Å². The fourth-order valence-electron chi connectivity index (χ4n) is 2.19. The smallest absolute Gasteiger partial charge is 0.244 e. The molecule has 0 heterocycles. The molecule has 0 aromatic heterocycles. The van der Waals surface area contributed by atoms with Crippen molar-refractivity contribution in [3.8, 4) is 12.3 Å². The van der Waals surface area contributed by atoms with Crippen molar-refractivity contribution in [3.05, 3.63) is 22.8 Å². The lowest BCUT2D eigenvalue weighted by molar-refractivity contribution is 0.445. The highest BCUT2D eigenvalue weighted by molar-refractivity contribution is 7.89. The molecule has 0 saturated heterocycles. The number of terminal acetylenes is 1. The van der Waals surface area contributed by atoms with Crippen LogP contribution in [0.2, 0.25) is 0 Å². The Bertz CT molecular complexity index is 617. The van der Waals surface area contributed by atoms with Crippen LogP contribution in [0.4, 0.5) is 5.69 Å². The Morgan fingerprint density at radius 3 is 2.40 bits per heavy atom. The standard InChI is InChI=1S/C15H22N2O2S/c1-6-8-17(9-7-2)20(18,19)15-12(4)11(3)10-14(16)13(15)5/h1,10H,7-9,16H2,2-5H3. The zero-order chi connectivity index (χ0) is 15.5. The Labute approximate surface area is 122 Å². The summed E-state index contributed by atoms with van der Waals surface area (Å²) in [6.45, 7) is 7.78. The van der Waals surface area contributed by atoms with Crippen LogP contribution in [0.5, 0.6) is 0 Å². The van der Waals surface area contributed by atoms with Gasteiger partial charge in [0.05, 0.1) is 11.4 Å². The highest BCUT2D eigenvalue weighted by Crippen LogP contribution is 2.30. The van der Waals surface area contributed by atoms with Crippen LogP contribution in [0.3, 0.4) is 0 Å². The predicted molar refractivity (Wildman–Crippen MR) is 82.9 cm³/mol. The molecule has 0 aliphatic carbocycles. The van der Waals surface area contributed by atoms with Crippen LogP contribution in [0.1, 0.15) is 30.0 Å². The van der Waals surface area contributed by atoms with Crippen molar-refractivity contribution >= 4 is 15.7 Å². The minimum absolute atomic E-state index is 0.0723. The number of benzene rings is 1. The van der Waals surface area contributed by atoms with Gasteiger partial charge < -0.3 is 5.73 Å².